The number of hydrogen-bond acceptors (Lipinski definition) is 4. The van der Waals surface area contributed by atoms with E-state index in [9.17, 15) is 13.2 Å². The van der Waals surface area contributed by atoms with Gasteiger partial charge in [-0.15, -0.1) is 0 Å². The minimum atomic E-state index is -3.56. The van der Waals surface area contributed by atoms with Crippen LogP contribution in [0.5, 0.6) is 0 Å². The Labute approximate surface area is 77.8 Å². The van der Waals surface area contributed by atoms with E-state index in [1.807, 2.05) is 0 Å². The second-order valence-electron chi connectivity index (χ2n) is 2.72. The summed E-state index contributed by atoms with van der Waals surface area (Å²) in [4.78, 5) is 10.5. The zero-order valence-corrected chi connectivity index (χ0v) is 8.86. The Morgan fingerprint density at radius 1 is 1.31 bits per heavy atom. The Morgan fingerprint density at radius 3 is 2.00 bits per heavy atom. The van der Waals surface area contributed by atoms with E-state index >= 15 is 0 Å². The molecule has 0 bridgehead atoms. The second kappa shape index (κ2) is 4.25. The predicted octanol–water partition coefficient (Wildman–Crippen LogP) is 0.653. The highest BCUT2D eigenvalue weighted by Gasteiger charge is 2.20. The first-order valence-electron chi connectivity index (χ1n) is 3.51. The molecule has 0 atom stereocenters. The van der Waals surface area contributed by atoms with Crippen molar-refractivity contribution in [2.45, 2.75) is 13.8 Å². The van der Waals surface area contributed by atoms with Crippen molar-refractivity contribution < 1.29 is 17.9 Å². The van der Waals surface area contributed by atoms with Crippen molar-refractivity contribution >= 4 is 15.8 Å². The second-order valence-corrected chi connectivity index (χ2v) is 4.67. The van der Waals surface area contributed by atoms with Crippen LogP contribution in [0.3, 0.4) is 0 Å². The van der Waals surface area contributed by atoms with E-state index in [4.69, 9.17) is 0 Å². The van der Waals surface area contributed by atoms with Gasteiger partial charge in [0.2, 0.25) is 0 Å². The third-order valence-corrected chi connectivity index (χ3v) is 2.12. The summed E-state index contributed by atoms with van der Waals surface area (Å²) < 4.78 is 26.4. The maximum Gasteiger partial charge on any atom is 0.357 e. The van der Waals surface area contributed by atoms with Crippen molar-refractivity contribution in [3.63, 3.8) is 0 Å². The summed E-state index contributed by atoms with van der Waals surface area (Å²) in [7, 11) is -2.44. The van der Waals surface area contributed by atoms with Crippen LogP contribution >= 0.6 is 0 Å². The number of methoxy groups -OCH3 is 1. The van der Waals surface area contributed by atoms with Gasteiger partial charge in [-0.1, -0.05) is 5.73 Å². The van der Waals surface area contributed by atoms with E-state index in [2.05, 4.69) is 10.5 Å². The molecule has 0 spiro atoms. The summed E-state index contributed by atoms with van der Waals surface area (Å²) >= 11 is 0. The first-order chi connectivity index (χ1) is 5.79. The van der Waals surface area contributed by atoms with E-state index < -0.39 is 20.7 Å². The maximum absolute atomic E-state index is 11.1. The molecule has 0 rings (SSSR count). The van der Waals surface area contributed by atoms with E-state index in [0.717, 1.165) is 13.4 Å². The molecule has 0 unspecified atom stereocenters. The predicted molar refractivity (Wildman–Crippen MR) is 48.7 cm³/mol. The molecule has 0 aliphatic heterocycles. The normalized spacial score (nSPS) is 10.2. The number of carbonyl (C=O) groups is 1. The molecular formula is C8H12O4S. The first-order valence-corrected chi connectivity index (χ1v) is 5.40. The molecule has 4 nitrogen and oxygen atoms in total. The highest BCUT2D eigenvalue weighted by Crippen LogP contribution is 2.05. The molecule has 0 heterocycles. The van der Waals surface area contributed by atoms with Crippen LogP contribution in [0.4, 0.5) is 0 Å². The average molecular weight is 204 g/mol. The van der Waals surface area contributed by atoms with Gasteiger partial charge in [0.05, 0.1) is 7.11 Å². The fourth-order valence-corrected chi connectivity index (χ4v) is 1.39. The Balaban J connectivity index is 5.54. The first kappa shape index (κ1) is 11.9. The summed E-state index contributed by atoms with van der Waals surface area (Å²) in [6.45, 7) is 3.29. The molecule has 0 aliphatic carbocycles. The molecule has 13 heavy (non-hydrogen) atoms. The number of hydrogen-bond donors (Lipinski definition) is 0. The SMILES string of the molecule is COC(=O)C(=C=C(C)C)S(C)(=O)=O. The average Bonchev–Trinajstić information content (AvgIpc) is 1.96. The molecule has 0 aliphatic rings. The molecule has 0 radical (unpaired) electrons. The van der Waals surface area contributed by atoms with Crippen LogP contribution < -0.4 is 0 Å². The molecule has 0 fully saturated rings. The largest absolute Gasteiger partial charge is 0.464 e. The Morgan fingerprint density at radius 2 is 1.77 bits per heavy atom. The highest BCUT2D eigenvalue weighted by molar-refractivity contribution is 7.95. The molecule has 0 aromatic rings. The Hall–Kier alpha value is -1.06. The van der Waals surface area contributed by atoms with Crippen LogP contribution in [0, 0.1) is 0 Å². The van der Waals surface area contributed by atoms with Gasteiger partial charge in [0.1, 0.15) is 0 Å². The third kappa shape index (κ3) is 3.92. The number of sulfone groups is 1. The Bertz CT molecular complexity index is 365. The van der Waals surface area contributed by atoms with Crippen LogP contribution in [0.1, 0.15) is 13.8 Å². The number of esters is 1. The lowest BCUT2D eigenvalue weighted by Gasteiger charge is -1.99. The third-order valence-electron chi connectivity index (χ3n) is 1.11. The fraction of sp³-hybridized carbons (Fsp3) is 0.500. The summed E-state index contributed by atoms with van der Waals surface area (Å²) in [5.41, 5.74) is 3.04. The molecule has 0 aromatic carbocycles. The zero-order valence-electron chi connectivity index (χ0n) is 8.04. The maximum atomic E-state index is 11.1. The lowest BCUT2D eigenvalue weighted by molar-refractivity contribution is -0.135. The molecule has 0 aromatic heterocycles. The lowest BCUT2D eigenvalue weighted by atomic mass is 10.4. The standard InChI is InChI=1S/C8H12O4S/c1-6(2)5-7(8(9)12-3)13(4,10)11/h1-4H3. The number of ether oxygens (including phenoxy) is 1. The molecule has 0 saturated carbocycles. The topological polar surface area (TPSA) is 60.4 Å². The minimum absolute atomic E-state index is 0.435. The Kier molecular flexibility index (Phi) is 3.91. The zero-order chi connectivity index (χ0) is 10.6. The van der Waals surface area contributed by atoms with Crippen LogP contribution in [0.2, 0.25) is 0 Å². The van der Waals surface area contributed by atoms with Gasteiger partial charge in [0.15, 0.2) is 14.7 Å². The molecule has 5 heteroatoms. The van der Waals surface area contributed by atoms with E-state index in [1.165, 1.54) is 0 Å². The van der Waals surface area contributed by atoms with Crippen molar-refractivity contribution in [3.05, 3.63) is 16.2 Å². The lowest BCUT2D eigenvalue weighted by Crippen LogP contribution is -2.12. The fourth-order valence-electron chi connectivity index (χ4n) is 0.615. The summed E-state index contributed by atoms with van der Waals surface area (Å²) in [5.74, 6) is -0.885. The van der Waals surface area contributed by atoms with Crippen molar-refractivity contribution in [2.24, 2.45) is 0 Å². The van der Waals surface area contributed by atoms with E-state index in [0.29, 0.717) is 5.57 Å². The molecule has 0 saturated heterocycles. The van der Waals surface area contributed by atoms with Gasteiger partial charge in [-0.25, -0.2) is 13.2 Å². The van der Waals surface area contributed by atoms with Gasteiger partial charge < -0.3 is 4.74 Å². The quantitative estimate of drug-likeness (QED) is 0.376. The number of carbonyl (C=O) groups excluding carboxylic acids is 1. The number of rotatable bonds is 2. The minimum Gasteiger partial charge on any atom is -0.464 e. The monoisotopic (exact) mass is 204 g/mol. The van der Waals surface area contributed by atoms with Crippen LogP contribution in [0.15, 0.2) is 16.2 Å². The smallest absolute Gasteiger partial charge is 0.357 e. The highest BCUT2D eigenvalue weighted by atomic mass is 32.2. The van der Waals surface area contributed by atoms with Crippen molar-refractivity contribution in [1.29, 1.82) is 0 Å². The van der Waals surface area contributed by atoms with Gasteiger partial charge in [-0.05, 0) is 19.4 Å². The molecular weight excluding hydrogens is 192 g/mol. The van der Waals surface area contributed by atoms with Crippen molar-refractivity contribution in [3.8, 4) is 0 Å². The molecule has 0 amide bonds. The van der Waals surface area contributed by atoms with Crippen molar-refractivity contribution in [1.82, 2.24) is 0 Å². The summed E-state index contributed by atoms with van der Waals surface area (Å²) in [5, 5.41) is 0. The summed E-state index contributed by atoms with van der Waals surface area (Å²) in [6, 6.07) is 0. The van der Waals surface area contributed by atoms with Gasteiger partial charge >= 0.3 is 5.97 Å². The molecule has 74 valence electrons. The van der Waals surface area contributed by atoms with Gasteiger partial charge in [0, 0.05) is 6.26 Å². The summed E-state index contributed by atoms with van der Waals surface area (Å²) in [6.07, 6.45) is 0.940. The van der Waals surface area contributed by atoms with E-state index in [1.54, 1.807) is 13.8 Å². The molecule has 0 N–H and O–H groups in total. The van der Waals surface area contributed by atoms with Crippen LogP contribution in [0.25, 0.3) is 0 Å². The van der Waals surface area contributed by atoms with Gasteiger partial charge in [0.25, 0.3) is 0 Å². The van der Waals surface area contributed by atoms with Crippen molar-refractivity contribution in [2.75, 3.05) is 13.4 Å². The van der Waals surface area contributed by atoms with Gasteiger partial charge in [-0.3, -0.25) is 0 Å². The van der Waals surface area contributed by atoms with Crippen LogP contribution in [-0.4, -0.2) is 27.8 Å². The van der Waals surface area contributed by atoms with Crippen LogP contribution in [-0.2, 0) is 19.4 Å². The van der Waals surface area contributed by atoms with E-state index in [-0.39, 0.29) is 0 Å². The van der Waals surface area contributed by atoms with Gasteiger partial charge in [-0.2, -0.15) is 0 Å².